The number of anilines is 1. The van der Waals surface area contributed by atoms with Gasteiger partial charge in [0.2, 0.25) is 5.91 Å². The zero-order valence-electron chi connectivity index (χ0n) is 15.6. The highest BCUT2D eigenvalue weighted by molar-refractivity contribution is 9.10. The molecule has 140 valence electrons. The molecule has 1 amide bonds. The van der Waals surface area contributed by atoms with Crippen LogP contribution in [0.1, 0.15) is 24.1 Å². The number of halogens is 1. The van der Waals surface area contributed by atoms with Crippen LogP contribution in [0.4, 0.5) is 5.69 Å². The van der Waals surface area contributed by atoms with Gasteiger partial charge in [0.15, 0.2) is 0 Å². The van der Waals surface area contributed by atoms with Crippen molar-refractivity contribution in [1.29, 1.82) is 0 Å². The Morgan fingerprint density at radius 3 is 2.63 bits per heavy atom. The minimum Gasteiger partial charge on any atom is -0.325 e. The quantitative estimate of drug-likeness (QED) is 0.646. The zero-order chi connectivity index (χ0) is 19.4. The van der Waals surface area contributed by atoms with Crippen molar-refractivity contribution in [3.63, 3.8) is 0 Å². The van der Waals surface area contributed by atoms with Crippen molar-refractivity contribution in [3.05, 3.63) is 70.7 Å². The molecule has 1 heterocycles. The number of hydrogen-bond acceptors (Lipinski definition) is 4. The average Bonchev–Trinajstić information content (AvgIpc) is 3.19. The number of nitrogens with zero attached hydrogens (tertiary/aromatic N) is 4. The van der Waals surface area contributed by atoms with Gasteiger partial charge in [-0.05, 0) is 62.4 Å². The van der Waals surface area contributed by atoms with Crippen LogP contribution in [-0.4, -0.2) is 39.2 Å². The largest absolute Gasteiger partial charge is 0.325 e. The molecule has 3 rings (SSSR count). The zero-order valence-corrected chi connectivity index (χ0v) is 17.1. The Hall–Kier alpha value is -2.51. The Bertz CT molecular complexity index is 909. The SMILES string of the molecule is Cc1cc(NC(=O)CN(C)C(C)c2ccc(-n3cncn3)cc2)ccc1Br. The van der Waals surface area contributed by atoms with E-state index in [9.17, 15) is 4.79 Å². The van der Waals surface area contributed by atoms with Crippen molar-refractivity contribution in [2.75, 3.05) is 18.9 Å². The predicted octanol–water partition coefficient (Wildman–Crippen LogP) is 3.97. The second kappa shape index (κ2) is 8.45. The van der Waals surface area contributed by atoms with Gasteiger partial charge in [-0.2, -0.15) is 5.10 Å². The number of nitrogens with one attached hydrogen (secondary N) is 1. The molecule has 0 aliphatic rings. The highest BCUT2D eigenvalue weighted by atomic mass is 79.9. The van der Waals surface area contributed by atoms with Crippen molar-refractivity contribution < 1.29 is 4.79 Å². The highest BCUT2D eigenvalue weighted by Gasteiger charge is 2.15. The summed E-state index contributed by atoms with van der Waals surface area (Å²) in [5.74, 6) is -0.0368. The molecule has 0 aliphatic carbocycles. The van der Waals surface area contributed by atoms with Crippen molar-refractivity contribution in [2.45, 2.75) is 19.9 Å². The van der Waals surface area contributed by atoms with Gasteiger partial charge in [0.05, 0.1) is 12.2 Å². The number of rotatable bonds is 6. The fourth-order valence-electron chi connectivity index (χ4n) is 2.79. The monoisotopic (exact) mass is 427 g/mol. The molecule has 0 radical (unpaired) electrons. The third-order valence-corrected chi connectivity index (χ3v) is 5.44. The minimum absolute atomic E-state index is 0.0368. The van der Waals surface area contributed by atoms with Crippen molar-refractivity contribution in [1.82, 2.24) is 19.7 Å². The summed E-state index contributed by atoms with van der Waals surface area (Å²) in [4.78, 5) is 18.4. The number of carbonyl (C=O) groups excluding carboxylic acids is 1. The summed E-state index contributed by atoms with van der Waals surface area (Å²) in [5, 5.41) is 7.08. The lowest BCUT2D eigenvalue weighted by molar-refractivity contribution is -0.117. The molecule has 1 atom stereocenters. The van der Waals surface area contributed by atoms with Gasteiger partial charge in [0, 0.05) is 16.2 Å². The maximum absolute atomic E-state index is 12.4. The van der Waals surface area contributed by atoms with Gasteiger partial charge in [0.1, 0.15) is 12.7 Å². The maximum atomic E-state index is 12.4. The molecule has 1 unspecified atom stereocenters. The molecule has 1 aromatic heterocycles. The van der Waals surface area contributed by atoms with E-state index in [1.807, 2.05) is 61.3 Å². The lowest BCUT2D eigenvalue weighted by Crippen LogP contribution is -2.32. The van der Waals surface area contributed by atoms with Gasteiger partial charge in [-0.25, -0.2) is 9.67 Å². The molecule has 0 fully saturated rings. The summed E-state index contributed by atoms with van der Waals surface area (Å²) in [5.41, 5.74) is 3.98. The summed E-state index contributed by atoms with van der Waals surface area (Å²) in [6, 6.07) is 14.0. The van der Waals surface area contributed by atoms with Gasteiger partial charge in [0.25, 0.3) is 0 Å². The Balaban J connectivity index is 1.60. The van der Waals surface area contributed by atoms with Crippen LogP contribution in [0.3, 0.4) is 0 Å². The van der Waals surface area contributed by atoms with Crippen LogP contribution in [-0.2, 0) is 4.79 Å². The van der Waals surface area contributed by atoms with E-state index < -0.39 is 0 Å². The summed E-state index contributed by atoms with van der Waals surface area (Å²) in [6.45, 7) is 4.39. The van der Waals surface area contributed by atoms with Crippen LogP contribution in [0.2, 0.25) is 0 Å². The minimum atomic E-state index is -0.0368. The molecule has 0 saturated heterocycles. The number of benzene rings is 2. The molecule has 27 heavy (non-hydrogen) atoms. The van der Waals surface area contributed by atoms with E-state index in [-0.39, 0.29) is 11.9 Å². The summed E-state index contributed by atoms with van der Waals surface area (Å²) < 4.78 is 2.74. The topological polar surface area (TPSA) is 63.1 Å². The van der Waals surface area contributed by atoms with Gasteiger partial charge >= 0.3 is 0 Å². The molecule has 0 bridgehead atoms. The van der Waals surface area contributed by atoms with E-state index in [4.69, 9.17) is 0 Å². The smallest absolute Gasteiger partial charge is 0.238 e. The fraction of sp³-hybridized carbons (Fsp3) is 0.250. The van der Waals surface area contributed by atoms with Crippen molar-refractivity contribution in [2.24, 2.45) is 0 Å². The number of likely N-dealkylation sites (N-methyl/N-ethyl adjacent to an activating group) is 1. The summed E-state index contributed by atoms with van der Waals surface area (Å²) in [7, 11) is 1.95. The predicted molar refractivity (Wildman–Crippen MR) is 110 cm³/mol. The molecule has 0 spiro atoms. The van der Waals surface area contributed by atoms with Gasteiger partial charge in [-0.1, -0.05) is 28.1 Å². The van der Waals surface area contributed by atoms with Gasteiger partial charge in [-0.15, -0.1) is 0 Å². The van der Waals surface area contributed by atoms with Crippen LogP contribution in [0.5, 0.6) is 0 Å². The lowest BCUT2D eigenvalue weighted by atomic mass is 10.1. The average molecular weight is 428 g/mol. The highest BCUT2D eigenvalue weighted by Crippen LogP contribution is 2.22. The Morgan fingerprint density at radius 1 is 1.26 bits per heavy atom. The van der Waals surface area contributed by atoms with Crippen LogP contribution >= 0.6 is 15.9 Å². The molecule has 1 N–H and O–H groups in total. The first-order chi connectivity index (χ1) is 12.9. The van der Waals surface area contributed by atoms with Gasteiger partial charge in [-0.3, -0.25) is 9.69 Å². The molecular weight excluding hydrogens is 406 g/mol. The van der Waals surface area contributed by atoms with Crippen molar-refractivity contribution in [3.8, 4) is 5.69 Å². The molecule has 7 heteroatoms. The summed E-state index contributed by atoms with van der Waals surface area (Å²) in [6.07, 6.45) is 3.18. The first-order valence-electron chi connectivity index (χ1n) is 8.65. The number of amides is 1. The molecule has 0 saturated carbocycles. The number of aryl methyl sites for hydroxylation is 1. The van der Waals surface area contributed by atoms with E-state index in [2.05, 4.69) is 38.3 Å². The molecule has 3 aromatic rings. The third kappa shape index (κ3) is 4.81. The second-order valence-corrected chi connectivity index (χ2v) is 7.39. The van der Waals surface area contributed by atoms with Gasteiger partial charge < -0.3 is 5.32 Å². The second-order valence-electron chi connectivity index (χ2n) is 6.53. The van der Waals surface area contributed by atoms with E-state index in [0.717, 1.165) is 27.0 Å². The number of hydrogen-bond donors (Lipinski definition) is 1. The van der Waals surface area contributed by atoms with E-state index in [1.165, 1.54) is 6.33 Å². The summed E-state index contributed by atoms with van der Waals surface area (Å²) >= 11 is 3.47. The van der Waals surface area contributed by atoms with Crippen LogP contribution < -0.4 is 5.32 Å². The van der Waals surface area contributed by atoms with Crippen LogP contribution in [0.25, 0.3) is 5.69 Å². The standard InChI is InChI=1S/C20H22BrN5O/c1-14-10-17(6-9-19(14)21)24-20(27)11-25(3)15(2)16-4-7-18(8-5-16)26-13-22-12-23-26/h4-10,12-13,15H,11H2,1-3H3,(H,24,27). The maximum Gasteiger partial charge on any atom is 0.238 e. The Labute approximate surface area is 167 Å². The third-order valence-electron chi connectivity index (χ3n) is 4.55. The molecule has 0 aliphatic heterocycles. The lowest BCUT2D eigenvalue weighted by Gasteiger charge is -2.24. The van der Waals surface area contributed by atoms with E-state index in [1.54, 1.807) is 11.0 Å². The fourth-order valence-corrected chi connectivity index (χ4v) is 3.03. The molecule has 6 nitrogen and oxygen atoms in total. The first-order valence-corrected chi connectivity index (χ1v) is 9.44. The normalized spacial score (nSPS) is 12.2. The van der Waals surface area contributed by atoms with Crippen LogP contribution in [0, 0.1) is 6.92 Å². The van der Waals surface area contributed by atoms with Crippen molar-refractivity contribution >= 4 is 27.5 Å². The number of aromatic nitrogens is 3. The molecular formula is C20H22BrN5O. The first kappa shape index (κ1) is 19.3. The van der Waals surface area contributed by atoms with E-state index in [0.29, 0.717) is 6.54 Å². The van der Waals surface area contributed by atoms with E-state index >= 15 is 0 Å². The molecule has 2 aromatic carbocycles. The Morgan fingerprint density at radius 2 is 2.00 bits per heavy atom. The Kier molecular flexibility index (Phi) is 6.03. The number of carbonyl (C=O) groups is 1. The van der Waals surface area contributed by atoms with Crippen LogP contribution in [0.15, 0.2) is 59.6 Å².